The molecule has 2 aliphatic heterocycles. The van der Waals surface area contributed by atoms with Crippen molar-refractivity contribution in [1.29, 1.82) is 0 Å². The number of fused-ring (bicyclic) bond motifs is 1. The highest BCUT2D eigenvalue weighted by Crippen LogP contribution is 2.44. The first-order valence-corrected chi connectivity index (χ1v) is 15.2. The van der Waals surface area contributed by atoms with Crippen molar-refractivity contribution in [1.82, 2.24) is 4.90 Å². The van der Waals surface area contributed by atoms with Gasteiger partial charge in [0.2, 0.25) is 12.7 Å². The Morgan fingerprint density at radius 1 is 1.00 bits per heavy atom. The summed E-state index contributed by atoms with van der Waals surface area (Å²) in [5.74, 6) is 2.74. The van der Waals surface area contributed by atoms with Crippen LogP contribution in [-0.2, 0) is 22.4 Å². The minimum Gasteiger partial charge on any atom is -0.491 e. The molecule has 0 unspecified atom stereocenters. The van der Waals surface area contributed by atoms with Crippen molar-refractivity contribution < 1.29 is 23.7 Å². The molecule has 7 heteroatoms. The van der Waals surface area contributed by atoms with Crippen LogP contribution in [0.5, 0.6) is 17.2 Å². The molecular weight excluding hydrogens is 528 g/mol. The third kappa shape index (κ3) is 6.90. The van der Waals surface area contributed by atoms with E-state index in [1.807, 2.05) is 26.0 Å². The molecule has 2 heterocycles. The van der Waals surface area contributed by atoms with Gasteiger partial charge >= 0.3 is 0 Å². The Kier molecular flexibility index (Phi) is 9.70. The molecule has 0 aliphatic carbocycles. The van der Waals surface area contributed by atoms with E-state index in [4.69, 9.17) is 18.9 Å². The molecule has 0 bridgehead atoms. The number of benzene rings is 3. The molecule has 1 saturated heterocycles. The Morgan fingerprint density at radius 3 is 2.43 bits per heavy atom. The molecule has 5 rings (SSSR count). The van der Waals surface area contributed by atoms with Gasteiger partial charge in [0, 0.05) is 18.3 Å². The van der Waals surface area contributed by atoms with Crippen LogP contribution >= 0.6 is 0 Å². The van der Waals surface area contributed by atoms with Crippen LogP contribution in [0.15, 0.2) is 54.6 Å². The molecule has 42 heavy (non-hydrogen) atoms. The summed E-state index contributed by atoms with van der Waals surface area (Å²) in [7, 11) is 0. The summed E-state index contributed by atoms with van der Waals surface area (Å²) >= 11 is 0. The van der Waals surface area contributed by atoms with E-state index >= 15 is 0 Å². The lowest BCUT2D eigenvalue weighted by Crippen LogP contribution is -2.33. The molecule has 1 amide bonds. The maximum atomic E-state index is 13.6. The summed E-state index contributed by atoms with van der Waals surface area (Å²) in [5.41, 5.74) is 6.79. The van der Waals surface area contributed by atoms with Gasteiger partial charge in [-0.15, -0.1) is 0 Å². The maximum absolute atomic E-state index is 13.6. The average molecular weight is 573 g/mol. The molecule has 3 aromatic carbocycles. The number of nitrogens with zero attached hydrogens (tertiary/aromatic N) is 1. The van der Waals surface area contributed by atoms with E-state index in [2.05, 4.69) is 73.5 Å². The van der Waals surface area contributed by atoms with Crippen molar-refractivity contribution in [2.45, 2.75) is 71.9 Å². The second kappa shape index (κ2) is 13.6. The molecule has 0 spiro atoms. The van der Waals surface area contributed by atoms with Crippen LogP contribution in [0.4, 0.5) is 5.69 Å². The van der Waals surface area contributed by atoms with Gasteiger partial charge in [-0.05, 0) is 92.0 Å². The first kappa shape index (κ1) is 29.9. The highest BCUT2D eigenvalue weighted by Gasteiger charge is 2.36. The number of hydrogen-bond acceptors (Lipinski definition) is 6. The number of likely N-dealkylation sites (tertiary alicyclic amines) is 1. The molecule has 0 saturated carbocycles. The monoisotopic (exact) mass is 572 g/mol. The van der Waals surface area contributed by atoms with E-state index in [9.17, 15) is 4.79 Å². The van der Waals surface area contributed by atoms with Crippen LogP contribution < -0.4 is 19.5 Å². The minimum atomic E-state index is 0.0169. The topological polar surface area (TPSA) is 69.3 Å². The van der Waals surface area contributed by atoms with Crippen LogP contribution in [0.25, 0.3) is 0 Å². The number of aryl methyl sites for hydroxylation is 3. The quantitative estimate of drug-likeness (QED) is 0.240. The molecule has 0 aromatic heterocycles. The van der Waals surface area contributed by atoms with Crippen LogP contribution in [0.1, 0.15) is 73.9 Å². The van der Waals surface area contributed by atoms with E-state index in [1.165, 1.54) is 22.3 Å². The molecule has 7 nitrogen and oxygen atoms in total. The van der Waals surface area contributed by atoms with Crippen LogP contribution in [-0.4, -0.2) is 50.0 Å². The summed E-state index contributed by atoms with van der Waals surface area (Å²) in [4.78, 5) is 15.9. The van der Waals surface area contributed by atoms with Crippen LogP contribution in [0, 0.1) is 6.92 Å². The predicted molar refractivity (Wildman–Crippen MR) is 166 cm³/mol. The zero-order chi connectivity index (χ0) is 29.6. The van der Waals surface area contributed by atoms with Crippen molar-refractivity contribution in [3.8, 4) is 17.2 Å². The first-order valence-electron chi connectivity index (χ1n) is 15.2. The van der Waals surface area contributed by atoms with Gasteiger partial charge in [-0.25, -0.2) is 0 Å². The van der Waals surface area contributed by atoms with Gasteiger partial charge in [0.05, 0.1) is 19.3 Å². The number of carbonyl (C=O) groups excluding carboxylic acids is 1. The molecule has 1 N–H and O–H groups in total. The zero-order valence-electron chi connectivity index (χ0n) is 25.6. The van der Waals surface area contributed by atoms with E-state index in [1.54, 1.807) is 0 Å². The second-order valence-corrected chi connectivity index (χ2v) is 11.5. The Bertz CT molecular complexity index is 1350. The Balaban J connectivity index is 1.35. The van der Waals surface area contributed by atoms with Crippen molar-refractivity contribution in [2.75, 3.05) is 38.4 Å². The third-order valence-electron chi connectivity index (χ3n) is 8.23. The highest BCUT2D eigenvalue weighted by atomic mass is 16.7. The standard InChI is InChI=1S/C35H44N2O5/c1-6-25-9-8-10-26(7-2)34(25)36-33(38)21-37-20-29(28-17-24(5)35-32(19-28)41-22-42-35)18-31(37)27-11-13-30(14-12-27)40-16-15-39-23(3)4/h8-14,17,19,23,29,31H,6-7,15-16,18,20-22H2,1-5H3,(H,36,38)/t29-,31-/m1/s1. The van der Waals surface area contributed by atoms with Crippen molar-refractivity contribution >= 4 is 11.6 Å². The minimum absolute atomic E-state index is 0.0169. The van der Waals surface area contributed by atoms with Crippen molar-refractivity contribution in [2.24, 2.45) is 0 Å². The Labute approximate surface area is 250 Å². The third-order valence-corrected chi connectivity index (χ3v) is 8.23. The predicted octanol–water partition coefficient (Wildman–Crippen LogP) is 6.82. The SMILES string of the molecule is CCc1cccc(CC)c1NC(=O)CN1C[C@H](c2cc(C)c3c(c2)OCO3)C[C@@H]1c1ccc(OCCOC(C)C)cc1. The average Bonchev–Trinajstić information content (AvgIpc) is 3.63. The first-order chi connectivity index (χ1) is 20.4. The molecular formula is C35H44N2O5. The fourth-order valence-corrected chi connectivity index (χ4v) is 6.11. The number of nitrogens with one attached hydrogen (secondary N) is 1. The van der Waals surface area contributed by atoms with E-state index in [0.717, 1.165) is 54.3 Å². The molecule has 2 aliphatic rings. The number of para-hydroxylation sites is 1. The number of carbonyl (C=O) groups is 1. The Hall–Kier alpha value is -3.55. The van der Waals surface area contributed by atoms with E-state index in [-0.39, 0.29) is 30.8 Å². The van der Waals surface area contributed by atoms with Crippen LogP contribution in [0.3, 0.4) is 0 Å². The van der Waals surface area contributed by atoms with Gasteiger partial charge in [0.15, 0.2) is 11.5 Å². The lowest BCUT2D eigenvalue weighted by molar-refractivity contribution is -0.117. The smallest absolute Gasteiger partial charge is 0.238 e. The molecule has 0 radical (unpaired) electrons. The molecule has 2 atom stereocenters. The lowest BCUT2D eigenvalue weighted by Gasteiger charge is -2.25. The fourth-order valence-electron chi connectivity index (χ4n) is 6.11. The number of amides is 1. The van der Waals surface area contributed by atoms with Crippen LogP contribution in [0.2, 0.25) is 0 Å². The number of anilines is 1. The number of rotatable bonds is 12. The number of ether oxygens (including phenoxy) is 4. The van der Waals surface area contributed by atoms with Gasteiger partial charge in [-0.1, -0.05) is 50.2 Å². The summed E-state index contributed by atoms with van der Waals surface area (Å²) in [6, 6.07) is 19.0. The normalized spacial score (nSPS) is 18.0. The molecule has 224 valence electrons. The van der Waals surface area contributed by atoms with Gasteiger partial charge in [0.1, 0.15) is 12.4 Å². The summed E-state index contributed by atoms with van der Waals surface area (Å²) in [6.07, 6.45) is 2.84. The Morgan fingerprint density at radius 2 is 1.74 bits per heavy atom. The number of hydrogen-bond donors (Lipinski definition) is 1. The fraction of sp³-hybridized carbons (Fsp3) is 0.457. The van der Waals surface area contributed by atoms with E-state index in [0.29, 0.717) is 19.8 Å². The van der Waals surface area contributed by atoms with Gasteiger partial charge in [0.25, 0.3) is 0 Å². The van der Waals surface area contributed by atoms with Gasteiger partial charge in [-0.3, -0.25) is 9.69 Å². The summed E-state index contributed by atoms with van der Waals surface area (Å²) < 4.78 is 22.9. The lowest BCUT2D eigenvalue weighted by atomic mass is 9.92. The van der Waals surface area contributed by atoms with Crippen molar-refractivity contribution in [3.63, 3.8) is 0 Å². The second-order valence-electron chi connectivity index (χ2n) is 11.5. The summed E-state index contributed by atoms with van der Waals surface area (Å²) in [6.45, 7) is 12.8. The highest BCUT2D eigenvalue weighted by molar-refractivity contribution is 5.94. The largest absolute Gasteiger partial charge is 0.491 e. The van der Waals surface area contributed by atoms with Gasteiger partial charge in [-0.2, -0.15) is 0 Å². The van der Waals surface area contributed by atoms with E-state index < -0.39 is 0 Å². The maximum Gasteiger partial charge on any atom is 0.238 e. The van der Waals surface area contributed by atoms with Crippen molar-refractivity contribution in [3.05, 3.63) is 82.4 Å². The zero-order valence-corrected chi connectivity index (χ0v) is 25.6. The summed E-state index contributed by atoms with van der Waals surface area (Å²) in [5, 5.41) is 3.27. The van der Waals surface area contributed by atoms with Gasteiger partial charge < -0.3 is 24.3 Å². The molecule has 1 fully saturated rings. The molecule has 3 aromatic rings.